The van der Waals surface area contributed by atoms with Gasteiger partial charge < -0.3 is 4.74 Å². The molecule has 0 aromatic carbocycles. The fourth-order valence-corrected chi connectivity index (χ4v) is 1.19. The number of rotatable bonds is 2. The molecule has 2 heteroatoms. The molecule has 1 heterocycles. The number of aromatic nitrogens is 1. The fourth-order valence-electron chi connectivity index (χ4n) is 1.19. The highest BCUT2D eigenvalue weighted by molar-refractivity contribution is 5.03. The van der Waals surface area contributed by atoms with Crippen LogP contribution in [0.5, 0.6) is 0 Å². The summed E-state index contributed by atoms with van der Waals surface area (Å²) in [6, 6.07) is 4.13. The van der Waals surface area contributed by atoms with Gasteiger partial charge in [-0.05, 0) is 6.07 Å². The predicted octanol–water partition coefficient (Wildman–Crippen LogP) is 1.88. The lowest BCUT2D eigenvalue weighted by molar-refractivity contribution is -0.754. The number of methoxy groups -OCH3 is 1. The maximum absolute atomic E-state index is 5.08. The van der Waals surface area contributed by atoms with Crippen molar-refractivity contribution in [1.29, 1.82) is 0 Å². The van der Waals surface area contributed by atoms with Gasteiger partial charge >= 0.3 is 0 Å². The Morgan fingerprint density at radius 2 is 2.08 bits per heavy atom. The molecule has 0 fully saturated rings. The molecular formula is C11H18NO+. The molecule has 0 aliphatic rings. The van der Waals surface area contributed by atoms with Crippen molar-refractivity contribution in [1.82, 2.24) is 0 Å². The van der Waals surface area contributed by atoms with Crippen molar-refractivity contribution in [2.45, 2.75) is 32.9 Å². The minimum absolute atomic E-state index is 0.143. The third kappa shape index (κ3) is 2.81. The van der Waals surface area contributed by atoms with E-state index in [4.69, 9.17) is 4.74 Å². The highest BCUT2D eigenvalue weighted by Gasteiger charge is 2.20. The Morgan fingerprint density at radius 1 is 1.38 bits per heavy atom. The summed E-state index contributed by atoms with van der Waals surface area (Å²) in [5.74, 6) is 0. The smallest absolute Gasteiger partial charge is 0.174 e. The topological polar surface area (TPSA) is 13.1 Å². The average molecular weight is 180 g/mol. The van der Waals surface area contributed by atoms with Crippen LogP contribution in [0.1, 0.15) is 26.3 Å². The zero-order valence-corrected chi connectivity index (χ0v) is 8.87. The summed E-state index contributed by atoms with van der Waals surface area (Å²) < 4.78 is 7.28. The van der Waals surface area contributed by atoms with Crippen molar-refractivity contribution in [3.05, 3.63) is 30.1 Å². The summed E-state index contributed by atoms with van der Waals surface area (Å²) >= 11 is 0. The molecule has 0 saturated carbocycles. The van der Waals surface area contributed by atoms with Crippen LogP contribution in [0.3, 0.4) is 0 Å². The summed E-state index contributed by atoms with van der Waals surface area (Å²) in [4.78, 5) is 0. The van der Waals surface area contributed by atoms with Crippen molar-refractivity contribution >= 4 is 0 Å². The Labute approximate surface area is 80.2 Å². The zero-order valence-electron chi connectivity index (χ0n) is 8.87. The van der Waals surface area contributed by atoms with E-state index in [1.807, 2.05) is 0 Å². The van der Waals surface area contributed by atoms with Crippen LogP contribution in [0.2, 0.25) is 0 Å². The van der Waals surface area contributed by atoms with Crippen molar-refractivity contribution in [2.75, 3.05) is 7.11 Å². The average Bonchev–Trinajstić information content (AvgIpc) is 2.04. The van der Waals surface area contributed by atoms with Crippen LogP contribution in [0.25, 0.3) is 0 Å². The van der Waals surface area contributed by atoms with Gasteiger partial charge in [-0.1, -0.05) is 0 Å². The van der Waals surface area contributed by atoms with Gasteiger partial charge in [0.05, 0.1) is 6.61 Å². The fraction of sp³-hybridized carbons (Fsp3) is 0.545. The second kappa shape index (κ2) is 3.88. The molecule has 2 nitrogen and oxygen atoms in total. The number of ether oxygens (including phenoxy) is 1. The van der Waals surface area contributed by atoms with Crippen LogP contribution in [0.15, 0.2) is 24.5 Å². The number of hydrogen-bond acceptors (Lipinski definition) is 1. The number of pyridine rings is 1. The van der Waals surface area contributed by atoms with Gasteiger partial charge in [-0.15, -0.1) is 0 Å². The normalized spacial score (nSPS) is 11.7. The van der Waals surface area contributed by atoms with Crippen molar-refractivity contribution in [3.8, 4) is 0 Å². The maximum atomic E-state index is 5.08. The summed E-state index contributed by atoms with van der Waals surface area (Å²) in [6.45, 7) is 7.23. The maximum Gasteiger partial charge on any atom is 0.174 e. The molecule has 1 aromatic rings. The molecule has 0 aliphatic heterocycles. The second-order valence-electron chi connectivity index (χ2n) is 4.22. The van der Waals surface area contributed by atoms with Crippen LogP contribution >= 0.6 is 0 Å². The van der Waals surface area contributed by atoms with Crippen LogP contribution in [0, 0.1) is 0 Å². The van der Waals surface area contributed by atoms with Gasteiger partial charge in [0.1, 0.15) is 0 Å². The minimum atomic E-state index is 0.143. The molecule has 1 rings (SSSR count). The van der Waals surface area contributed by atoms with Gasteiger partial charge in [0.2, 0.25) is 0 Å². The lowest BCUT2D eigenvalue weighted by Gasteiger charge is -2.13. The Kier molecular flexibility index (Phi) is 3.04. The van der Waals surface area contributed by atoms with Gasteiger partial charge in [-0.2, -0.15) is 0 Å². The van der Waals surface area contributed by atoms with Gasteiger partial charge in [0.25, 0.3) is 0 Å². The standard InChI is InChI=1S/C11H18NO/c1-11(2,3)12-7-5-6-10(8-12)9-13-4/h5-8H,9H2,1-4H3/q+1. The summed E-state index contributed by atoms with van der Waals surface area (Å²) in [5, 5.41) is 0. The highest BCUT2D eigenvalue weighted by Crippen LogP contribution is 2.05. The Hall–Kier alpha value is -0.890. The summed E-state index contributed by atoms with van der Waals surface area (Å²) in [5.41, 5.74) is 1.35. The van der Waals surface area contributed by atoms with Crippen molar-refractivity contribution < 1.29 is 9.30 Å². The Balaban J connectivity index is 2.92. The molecule has 0 aliphatic carbocycles. The third-order valence-corrected chi connectivity index (χ3v) is 1.95. The van der Waals surface area contributed by atoms with Gasteiger partial charge in [-0.25, -0.2) is 4.57 Å². The van der Waals surface area contributed by atoms with E-state index < -0.39 is 0 Å². The lowest BCUT2D eigenvalue weighted by atomic mass is 10.1. The molecule has 0 N–H and O–H groups in total. The van der Waals surface area contributed by atoms with E-state index in [0.29, 0.717) is 6.61 Å². The molecule has 72 valence electrons. The van der Waals surface area contributed by atoms with Crippen molar-refractivity contribution in [2.24, 2.45) is 0 Å². The summed E-state index contributed by atoms with van der Waals surface area (Å²) in [6.07, 6.45) is 4.21. The third-order valence-electron chi connectivity index (χ3n) is 1.95. The Bertz CT molecular complexity index is 276. The molecule has 0 radical (unpaired) electrons. The molecule has 0 amide bonds. The number of nitrogens with zero attached hydrogens (tertiary/aromatic N) is 1. The Morgan fingerprint density at radius 3 is 2.62 bits per heavy atom. The molecule has 0 bridgehead atoms. The quantitative estimate of drug-likeness (QED) is 0.633. The highest BCUT2D eigenvalue weighted by atomic mass is 16.5. The molecular weight excluding hydrogens is 162 g/mol. The van der Waals surface area contributed by atoms with Crippen LogP contribution in [0.4, 0.5) is 0 Å². The van der Waals surface area contributed by atoms with Crippen molar-refractivity contribution in [3.63, 3.8) is 0 Å². The first-order valence-corrected chi connectivity index (χ1v) is 4.53. The van der Waals surface area contributed by atoms with Gasteiger partial charge in [-0.3, -0.25) is 0 Å². The van der Waals surface area contributed by atoms with E-state index in [0.717, 1.165) is 0 Å². The molecule has 0 unspecified atom stereocenters. The number of hydrogen-bond donors (Lipinski definition) is 0. The van der Waals surface area contributed by atoms with E-state index in [1.165, 1.54) is 5.56 Å². The van der Waals surface area contributed by atoms with Gasteiger partial charge in [0, 0.05) is 39.5 Å². The van der Waals surface area contributed by atoms with E-state index in [-0.39, 0.29) is 5.54 Å². The molecule has 0 saturated heterocycles. The largest absolute Gasteiger partial charge is 0.380 e. The predicted molar refractivity (Wildman–Crippen MR) is 52.3 cm³/mol. The van der Waals surface area contributed by atoms with E-state index in [1.54, 1.807) is 7.11 Å². The summed E-state index contributed by atoms with van der Waals surface area (Å²) in [7, 11) is 1.72. The van der Waals surface area contributed by atoms with E-state index in [9.17, 15) is 0 Å². The minimum Gasteiger partial charge on any atom is -0.380 e. The SMILES string of the molecule is COCc1ccc[n+](C(C)(C)C)c1. The first-order chi connectivity index (χ1) is 6.04. The molecule has 0 spiro atoms. The van der Waals surface area contributed by atoms with E-state index >= 15 is 0 Å². The van der Waals surface area contributed by atoms with Crippen LogP contribution in [-0.2, 0) is 16.9 Å². The lowest BCUT2D eigenvalue weighted by Crippen LogP contribution is -2.49. The second-order valence-corrected chi connectivity index (χ2v) is 4.22. The van der Waals surface area contributed by atoms with E-state index in [2.05, 4.69) is 49.9 Å². The molecule has 13 heavy (non-hydrogen) atoms. The molecule has 1 aromatic heterocycles. The first-order valence-electron chi connectivity index (χ1n) is 4.53. The van der Waals surface area contributed by atoms with Crippen LogP contribution in [-0.4, -0.2) is 7.11 Å². The zero-order chi connectivity index (χ0) is 9.90. The monoisotopic (exact) mass is 180 g/mol. The van der Waals surface area contributed by atoms with Gasteiger partial charge in [0.15, 0.2) is 17.9 Å². The van der Waals surface area contributed by atoms with Crippen LogP contribution < -0.4 is 4.57 Å². The first kappa shape index (κ1) is 10.2. The molecule has 0 atom stereocenters.